The van der Waals surface area contributed by atoms with Gasteiger partial charge in [-0.25, -0.2) is 9.59 Å². The van der Waals surface area contributed by atoms with Crippen molar-refractivity contribution in [3.05, 3.63) is 71.3 Å². The standard InChI is InChI=1S/C25H30N2O5.C9H15NO3S/c1-3-32-25(31)21(14-13-18-9-5-4-6-10-18)26-17(2)23(28)27-16-20-12-8-7-11-19(20)15-22(27)24(29)30;1-6(5-14)8(11)10-4-2-3-7(10)9(12)13/h4-12,17,21-22,26H,3,13-16H2,1-2H3,(H,29,30);6-7,14H,2-5H2,1H3,(H,12,13)/t17-,21-,22-;6-,7+/m01/s1. The van der Waals surface area contributed by atoms with Crippen LogP contribution in [-0.2, 0) is 48.1 Å². The highest BCUT2D eigenvalue weighted by atomic mass is 32.1. The summed E-state index contributed by atoms with van der Waals surface area (Å²) in [5.74, 6) is -2.53. The third kappa shape index (κ3) is 9.80. The Morgan fingerprint density at radius 3 is 2.15 bits per heavy atom. The SMILES string of the molecule is CCOC(=O)[C@H](CCc1ccccc1)N[C@@H](C)C(=O)N1Cc2ccccc2C[C@H]1C(=O)O.C[C@H](CS)C(=O)N1CCC[C@H]1C(=O)O. The Morgan fingerprint density at radius 2 is 1.54 bits per heavy atom. The summed E-state index contributed by atoms with van der Waals surface area (Å²) < 4.78 is 5.20. The van der Waals surface area contributed by atoms with Gasteiger partial charge < -0.3 is 24.7 Å². The Balaban J connectivity index is 0.000000344. The number of carbonyl (C=O) groups is 5. The van der Waals surface area contributed by atoms with Gasteiger partial charge in [-0.2, -0.15) is 12.6 Å². The maximum Gasteiger partial charge on any atom is 0.326 e. The molecule has 0 radical (unpaired) electrons. The van der Waals surface area contributed by atoms with E-state index in [0.717, 1.165) is 23.1 Å². The number of nitrogens with one attached hydrogen (secondary N) is 1. The van der Waals surface area contributed by atoms with Crippen molar-refractivity contribution in [2.45, 2.75) is 83.6 Å². The third-order valence-corrected chi connectivity index (χ3v) is 8.84. The fourth-order valence-corrected chi connectivity index (χ4v) is 5.87. The maximum atomic E-state index is 13.3. The number of carboxylic acid groups (broad SMARTS) is 2. The molecule has 250 valence electrons. The quantitative estimate of drug-likeness (QED) is 0.200. The van der Waals surface area contributed by atoms with Crippen LogP contribution < -0.4 is 5.32 Å². The van der Waals surface area contributed by atoms with Crippen molar-refractivity contribution in [2.75, 3.05) is 18.9 Å². The van der Waals surface area contributed by atoms with E-state index in [1.165, 1.54) is 9.80 Å². The van der Waals surface area contributed by atoms with Crippen LogP contribution in [0.1, 0.15) is 56.7 Å². The first-order valence-corrected chi connectivity index (χ1v) is 16.3. The van der Waals surface area contributed by atoms with E-state index in [4.69, 9.17) is 9.84 Å². The Labute approximate surface area is 275 Å². The smallest absolute Gasteiger partial charge is 0.326 e. The van der Waals surface area contributed by atoms with Gasteiger partial charge in [-0.05, 0) is 56.2 Å². The number of fused-ring (bicyclic) bond motifs is 1. The summed E-state index contributed by atoms with van der Waals surface area (Å²) in [7, 11) is 0. The molecule has 2 heterocycles. The van der Waals surface area contributed by atoms with E-state index >= 15 is 0 Å². The molecule has 11 nitrogen and oxygen atoms in total. The fraction of sp³-hybridized carbons (Fsp3) is 0.500. The van der Waals surface area contributed by atoms with Crippen LogP contribution in [0.5, 0.6) is 0 Å². The van der Waals surface area contributed by atoms with E-state index in [9.17, 15) is 29.1 Å². The van der Waals surface area contributed by atoms with Crippen molar-refractivity contribution in [3.63, 3.8) is 0 Å². The molecule has 0 aliphatic carbocycles. The molecule has 2 aromatic carbocycles. The lowest BCUT2D eigenvalue weighted by Crippen LogP contribution is -2.56. The average Bonchev–Trinajstić information content (AvgIpc) is 3.56. The van der Waals surface area contributed by atoms with E-state index in [2.05, 4.69) is 17.9 Å². The first-order valence-electron chi connectivity index (χ1n) is 15.7. The maximum absolute atomic E-state index is 13.3. The molecule has 2 amide bonds. The van der Waals surface area contributed by atoms with Crippen LogP contribution in [0.2, 0.25) is 0 Å². The molecule has 0 bridgehead atoms. The molecule has 0 saturated carbocycles. The molecule has 2 aliphatic heterocycles. The normalized spacial score (nSPS) is 19.1. The number of thiol groups is 1. The molecule has 4 rings (SSSR count). The number of benzene rings is 2. The first-order chi connectivity index (χ1) is 22.0. The predicted molar refractivity (Wildman–Crippen MR) is 175 cm³/mol. The highest BCUT2D eigenvalue weighted by Crippen LogP contribution is 2.24. The molecule has 0 spiro atoms. The fourth-order valence-electron chi connectivity index (χ4n) is 5.71. The molecule has 1 saturated heterocycles. The second-order valence-electron chi connectivity index (χ2n) is 11.6. The summed E-state index contributed by atoms with van der Waals surface area (Å²) in [5, 5.41) is 21.7. The molecule has 1 fully saturated rings. The number of aryl methyl sites for hydroxylation is 1. The molecular formula is C34H45N3O8S. The summed E-state index contributed by atoms with van der Waals surface area (Å²) in [6, 6.07) is 14.4. The molecule has 12 heteroatoms. The number of esters is 1. The number of hydrogen-bond acceptors (Lipinski definition) is 8. The first kappa shape index (κ1) is 36.6. The zero-order valence-electron chi connectivity index (χ0n) is 26.6. The average molecular weight is 656 g/mol. The Morgan fingerprint density at radius 1 is 0.913 bits per heavy atom. The number of carbonyl (C=O) groups excluding carboxylic acids is 3. The van der Waals surface area contributed by atoms with Gasteiger partial charge in [0, 0.05) is 31.2 Å². The van der Waals surface area contributed by atoms with Crippen LogP contribution in [0.3, 0.4) is 0 Å². The van der Waals surface area contributed by atoms with Gasteiger partial charge in [0.1, 0.15) is 18.1 Å². The Bertz CT molecular complexity index is 1360. The zero-order valence-corrected chi connectivity index (χ0v) is 27.5. The van der Waals surface area contributed by atoms with E-state index < -0.39 is 42.1 Å². The van der Waals surface area contributed by atoms with Gasteiger partial charge in [0.25, 0.3) is 0 Å². The van der Waals surface area contributed by atoms with Crippen LogP contribution in [0, 0.1) is 5.92 Å². The van der Waals surface area contributed by atoms with Crippen molar-refractivity contribution in [1.82, 2.24) is 15.1 Å². The van der Waals surface area contributed by atoms with Gasteiger partial charge in [-0.3, -0.25) is 19.7 Å². The highest BCUT2D eigenvalue weighted by Gasteiger charge is 2.38. The van der Waals surface area contributed by atoms with Crippen LogP contribution >= 0.6 is 12.6 Å². The second-order valence-corrected chi connectivity index (χ2v) is 12.0. The molecular weight excluding hydrogens is 610 g/mol. The van der Waals surface area contributed by atoms with E-state index in [0.29, 0.717) is 31.6 Å². The van der Waals surface area contributed by atoms with E-state index in [1.807, 2.05) is 54.6 Å². The van der Waals surface area contributed by atoms with E-state index in [-0.39, 0.29) is 37.3 Å². The summed E-state index contributed by atoms with van der Waals surface area (Å²) in [6.45, 7) is 6.21. The summed E-state index contributed by atoms with van der Waals surface area (Å²) >= 11 is 4.03. The number of nitrogens with zero attached hydrogens (tertiary/aromatic N) is 2. The number of aliphatic carboxylic acids is 2. The minimum atomic E-state index is -1.04. The number of hydrogen-bond donors (Lipinski definition) is 4. The van der Waals surface area contributed by atoms with Gasteiger partial charge in [0.15, 0.2) is 0 Å². The Kier molecular flexibility index (Phi) is 14.1. The van der Waals surface area contributed by atoms with Gasteiger partial charge in [0.05, 0.1) is 12.6 Å². The summed E-state index contributed by atoms with van der Waals surface area (Å²) in [4.78, 5) is 63.1. The van der Waals surface area contributed by atoms with Gasteiger partial charge in [-0.1, -0.05) is 61.5 Å². The van der Waals surface area contributed by atoms with Crippen molar-refractivity contribution < 1.29 is 38.9 Å². The Hall–Kier alpha value is -3.90. The number of rotatable bonds is 12. The predicted octanol–water partition coefficient (Wildman–Crippen LogP) is 3.20. The number of amides is 2. The minimum absolute atomic E-state index is 0.0927. The number of carboxylic acids is 2. The van der Waals surface area contributed by atoms with Gasteiger partial charge in [0.2, 0.25) is 11.8 Å². The van der Waals surface area contributed by atoms with Crippen molar-refractivity contribution in [2.24, 2.45) is 5.92 Å². The van der Waals surface area contributed by atoms with Gasteiger partial charge >= 0.3 is 17.9 Å². The monoisotopic (exact) mass is 655 g/mol. The topological polar surface area (TPSA) is 154 Å². The van der Waals surface area contributed by atoms with Crippen molar-refractivity contribution in [3.8, 4) is 0 Å². The summed E-state index contributed by atoms with van der Waals surface area (Å²) in [5.41, 5.74) is 2.97. The zero-order chi connectivity index (χ0) is 33.8. The molecule has 0 unspecified atom stereocenters. The largest absolute Gasteiger partial charge is 0.480 e. The second kappa shape index (κ2) is 17.7. The lowest BCUT2D eigenvalue weighted by atomic mass is 9.93. The van der Waals surface area contributed by atoms with E-state index in [1.54, 1.807) is 20.8 Å². The molecule has 0 aromatic heterocycles. The lowest BCUT2D eigenvalue weighted by molar-refractivity contribution is -0.153. The molecule has 46 heavy (non-hydrogen) atoms. The number of likely N-dealkylation sites (tertiary alicyclic amines) is 1. The lowest BCUT2D eigenvalue weighted by Gasteiger charge is -2.36. The molecule has 3 N–H and O–H groups in total. The third-order valence-electron chi connectivity index (χ3n) is 8.29. The van der Waals surface area contributed by atoms with Crippen LogP contribution in [0.25, 0.3) is 0 Å². The van der Waals surface area contributed by atoms with Crippen LogP contribution in [0.4, 0.5) is 0 Å². The van der Waals surface area contributed by atoms with Crippen molar-refractivity contribution >= 4 is 42.4 Å². The molecule has 2 aliphatic rings. The van der Waals surface area contributed by atoms with Gasteiger partial charge in [-0.15, -0.1) is 0 Å². The summed E-state index contributed by atoms with van der Waals surface area (Å²) in [6.07, 6.45) is 2.72. The molecule has 5 atom stereocenters. The number of ether oxygens (including phenoxy) is 1. The highest BCUT2D eigenvalue weighted by molar-refractivity contribution is 7.80. The van der Waals surface area contributed by atoms with Crippen LogP contribution in [0.15, 0.2) is 54.6 Å². The van der Waals surface area contributed by atoms with Crippen LogP contribution in [-0.4, -0.2) is 92.8 Å². The van der Waals surface area contributed by atoms with Crippen molar-refractivity contribution in [1.29, 1.82) is 0 Å². The minimum Gasteiger partial charge on any atom is -0.480 e. The molecule has 2 aromatic rings.